The van der Waals surface area contributed by atoms with E-state index in [1.165, 1.54) is 17.4 Å². The zero-order chi connectivity index (χ0) is 23.0. The van der Waals surface area contributed by atoms with Gasteiger partial charge in [-0.1, -0.05) is 30.0 Å². The zero-order valence-corrected chi connectivity index (χ0v) is 19.5. The largest absolute Gasteiger partial charge is 0.497 e. The van der Waals surface area contributed by atoms with E-state index >= 15 is 0 Å². The topological polar surface area (TPSA) is 79.8 Å². The number of hydrogen-bond donors (Lipinski definition) is 1. The van der Waals surface area contributed by atoms with Gasteiger partial charge < -0.3 is 24.6 Å². The van der Waals surface area contributed by atoms with Crippen LogP contribution in [0.5, 0.6) is 11.5 Å². The number of thioether (sulfide) groups is 1. The van der Waals surface area contributed by atoms with Gasteiger partial charge in [0, 0.05) is 55.8 Å². The molecule has 3 aromatic rings. The van der Waals surface area contributed by atoms with Gasteiger partial charge in [0.25, 0.3) is 0 Å². The molecule has 4 rings (SSSR count). The van der Waals surface area contributed by atoms with Crippen molar-refractivity contribution in [2.75, 3.05) is 61.3 Å². The number of aromatic nitrogens is 2. The van der Waals surface area contributed by atoms with Gasteiger partial charge in [-0.3, -0.25) is 4.79 Å². The third-order valence-corrected chi connectivity index (χ3v) is 6.26. The molecule has 1 aliphatic heterocycles. The Morgan fingerprint density at radius 2 is 1.58 bits per heavy atom. The minimum atomic E-state index is -0.141. The van der Waals surface area contributed by atoms with Crippen molar-refractivity contribution in [3.8, 4) is 11.5 Å². The van der Waals surface area contributed by atoms with E-state index in [1.54, 1.807) is 32.4 Å². The van der Waals surface area contributed by atoms with E-state index < -0.39 is 0 Å². The molecule has 1 aromatic heterocycles. The SMILES string of the molecule is COc1cc(NC(=O)CSc2ccc(N3CCN(c4ccccc4)CC3)nn2)cc(OC)c1. The summed E-state index contributed by atoms with van der Waals surface area (Å²) in [5, 5.41) is 12.3. The molecule has 1 amide bonds. The average Bonchev–Trinajstić information content (AvgIpc) is 2.88. The summed E-state index contributed by atoms with van der Waals surface area (Å²) in [5.41, 5.74) is 1.87. The molecule has 33 heavy (non-hydrogen) atoms. The van der Waals surface area contributed by atoms with Crippen molar-refractivity contribution in [2.45, 2.75) is 5.03 Å². The average molecular weight is 466 g/mol. The highest BCUT2D eigenvalue weighted by atomic mass is 32.2. The van der Waals surface area contributed by atoms with Gasteiger partial charge in [0.15, 0.2) is 5.82 Å². The van der Waals surface area contributed by atoms with E-state index in [4.69, 9.17) is 9.47 Å². The summed E-state index contributed by atoms with van der Waals surface area (Å²) in [6.45, 7) is 3.67. The summed E-state index contributed by atoms with van der Waals surface area (Å²) in [5.74, 6) is 2.17. The molecule has 1 aliphatic rings. The van der Waals surface area contributed by atoms with E-state index in [9.17, 15) is 4.79 Å². The van der Waals surface area contributed by atoms with Crippen LogP contribution in [0.3, 0.4) is 0 Å². The number of rotatable bonds is 8. The number of hydrogen-bond acceptors (Lipinski definition) is 8. The minimum absolute atomic E-state index is 0.141. The molecule has 1 saturated heterocycles. The molecular weight excluding hydrogens is 438 g/mol. The molecule has 1 N–H and O–H groups in total. The summed E-state index contributed by atoms with van der Waals surface area (Å²) in [6, 6.07) is 19.6. The van der Waals surface area contributed by atoms with Crippen LogP contribution in [0.25, 0.3) is 0 Å². The predicted molar refractivity (Wildman–Crippen MR) is 132 cm³/mol. The highest BCUT2D eigenvalue weighted by Gasteiger charge is 2.18. The van der Waals surface area contributed by atoms with Crippen molar-refractivity contribution >= 4 is 34.9 Å². The summed E-state index contributed by atoms with van der Waals surface area (Å²) < 4.78 is 10.5. The van der Waals surface area contributed by atoms with Crippen molar-refractivity contribution in [3.63, 3.8) is 0 Å². The van der Waals surface area contributed by atoms with E-state index in [0.717, 1.165) is 32.0 Å². The Morgan fingerprint density at radius 3 is 2.18 bits per heavy atom. The molecule has 0 bridgehead atoms. The van der Waals surface area contributed by atoms with Crippen molar-refractivity contribution < 1.29 is 14.3 Å². The minimum Gasteiger partial charge on any atom is -0.497 e. The van der Waals surface area contributed by atoms with Crippen molar-refractivity contribution in [1.82, 2.24) is 10.2 Å². The number of nitrogens with one attached hydrogen (secondary N) is 1. The molecule has 2 heterocycles. The van der Waals surface area contributed by atoms with Crippen LogP contribution in [0.15, 0.2) is 65.7 Å². The Kier molecular flexibility index (Phi) is 7.51. The van der Waals surface area contributed by atoms with Crippen LogP contribution in [0.4, 0.5) is 17.2 Å². The fourth-order valence-electron chi connectivity index (χ4n) is 3.61. The van der Waals surface area contributed by atoms with E-state index in [2.05, 4.69) is 49.6 Å². The van der Waals surface area contributed by atoms with Crippen LogP contribution >= 0.6 is 11.8 Å². The van der Waals surface area contributed by atoms with Gasteiger partial charge >= 0.3 is 0 Å². The quantitative estimate of drug-likeness (QED) is 0.506. The second kappa shape index (κ2) is 10.9. The Bertz CT molecular complexity index is 1040. The lowest BCUT2D eigenvalue weighted by Crippen LogP contribution is -2.46. The van der Waals surface area contributed by atoms with Crippen LogP contribution in [-0.2, 0) is 4.79 Å². The molecule has 8 nitrogen and oxygen atoms in total. The number of nitrogens with zero attached hydrogens (tertiary/aromatic N) is 4. The second-order valence-electron chi connectivity index (χ2n) is 7.48. The highest BCUT2D eigenvalue weighted by molar-refractivity contribution is 7.99. The number of methoxy groups -OCH3 is 2. The number of carbonyl (C=O) groups excluding carboxylic acids is 1. The number of amides is 1. The number of ether oxygens (including phenoxy) is 2. The molecule has 2 aromatic carbocycles. The zero-order valence-electron chi connectivity index (χ0n) is 18.7. The van der Waals surface area contributed by atoms with Gasteiger partial charge in [-0.05, 0) is 24.3 Å². The molecule has 0 saturated carbocycles. The van der Waals surface area contributed by atoms with Gasteiger partial charge in [-0.15, -0.1) is 10.2 Å². The maximum atomic E-state index is 12.4. The monoisotopic (exact) mass is 465 g/mol. The number of para-hydroxylation sites is 1. The molecule has 0 atom stereocenters. The lowest BCUT2D eigenvalue weighted by Gasteiger charge is -2.36. The Labute approximate surface area is 197 Å². The van der Waals surface area contributed by atoms with Crippen LogP contribution in [0.2, 0.25) is 0 Å². The Morgan fingerprint density at radius 1 is 0.909 bits per heavy atom. The molecule has 172 valence electrons. The van der Waals surface area contributed by atoms with Gasteiger partial charge in [-0.2, -0.15) is 0 Å². The maximum absolute atomic E-state index is 12.4. The first-order valence-electron chi connectivity index (χ1n) is 10.7. The molecular formula is C24H27N5O3S. The smallest absolute Gasteiger partial charge is 0.234 e. The number of piperazine rings is 1. The van der Waals surface area contributed by atoms with Crippen LogP contribution < -0.4 is 24.6 Å². The predicted octanol–water partition coefficient (Wildman–Crippen LogP) is 3.55. The lowest BCUT2D eigenvalue weighted by atomic mass is 10.2. The second-order valence-corrected chi connectivity index (χ2v) is 8.47. The first kappa shape index (κ1) is 22.7. The number of benzene rings is 2. The number of anilines is 3. The van der Waals surface area contributed by atoms with E-state index in [0.29, 0.717) is 22.2 Å². The summed E-state index contributed by atoms with van der Waals surface area (Å²) in [6.07, 6.45) is 0. The Balaban J connectivity index is 1.26. The Hall–Kier alpha value is -3.46. The maximum Gasteiger partial charge on any atom is 0.234 e. The molecule has 0 unspecified atom stereocenters. The summed E-state index contributed by atoms with van der Waals surface area (Å²) >= 11 is 1.35. The van der Waals surface area contributed by atoms with Gasteiger partial charge in [0.2, 0.25) is 5.91 Å². The van der Waals surface area contributed by atoms with E-state index in [1.807, 2.05) is 18.2 Å². The van der Waals surface area contributed by atoms with Crippen molar-refractivity contribution in [2.24, 2.45) is 0 Å². The third-order valence-electron chi connectivity index (χ3n) is 5.34. The van der Waals surface area contributed by atoms with Crippen molar-refractivity contribution in [1.29, 1.82) is 0 Å². The number of carbonyl (C=O) groups is 1. The third kappa shape index (κ3) is 6.07. The normalized spacial score (nSPS) is 13.5. The molecule has 0 aliphatic carbocycles. The fourth-order valence-corrected chi connectivity index (χ4v) is 4.22. The van der Waals surface area contributed by atoms with Gasteiger partial charge in [-0.25, -0.2) is 0 Å². The van der Waals surface area contributed by atoms with Crippen LogP contribution in [-0.4, -0.2) is 62.3 Å². The fraction of sp³-hybridized carbons (Fsp3) is 0.292. The lowest BCUT2D eigenvalue weighted by molar-refractivity contribution is -0.113. The highest BCUT2D eigenvalue weighted by Crippen LogP contribution is 2.26. The summed E-state index contributed by atoms with van der Waals surface area (Å²) in [7, 11) is 3.14. The van der Waals surface area contributed by atoms with Crippen molar-refractivity contribution in [3.05, 3.63) is 60.7 Å². The van der Waals surface area contributed by atoms with Gasteiger partial charge in [0.05, 0.1) is 20.0 Å². The standard InChI is InChI=1S/C24H27N5O3S/c1-31-20-14-18(15-21(16-20)32-2)25-23(30)17-33-24-9-8-22(26-27-24)29-12-10-28(11-13-29)19-6-4-3-5-7-19/h3-9,14-16H,10-13,17H2,1-2H3,(H,25,30). The van der Waals surface area contributed by atoms with E-state index in [-0.39, 0.29) is 11.7 Å². The van der Waals surface area contributed by atoms with Crippen LogP contribution in [0.1, 0.15) is 0 Å². The first-order valence-corrected chi connectivity index (χ1v) is 11.7. The molecule has 9 heteroatoms. The molecule has 0 radical (unpaired) electrons. The molecule has 0 spiro atoms. The first-order chi connectivity index (χ1) is 16.1. The summed E-state index contributed by atoms with van der Waals surface area (Å²) in [4.78, 5) is 17.0. The molecule has 1 fully saturated rings. The van der Waals surface area contributed by atoms with Crippen LogP contribution in [0, 0.1) is 0 Å². The van der Waals surface area contributed by atoms with Gasteiger partial charge in [0.1, 0.15) is 16.5 Å².